The Hall–Kier alpha value is -1.60. The van der Waals surface area contributed by atoms with Gasteiger partial charge >= 0.3 is 13.1 Å². The van der Waals surface area contributed by atoms with Gasteiger partial charge in [0.1, 0.15) is 5.82 Å². The van der Waals surface area contributed by atoms with Crippen LogP contribution in [0.25, 0.3) is 0 Å². The normalized spacial score (nSPS) is 28.1. The molecule has 0 saturated carbocycles. The second kappa shape index (κ2) is 6.21. The summed E-state index contributed by atoms with van der Waals surface area (Å²) in [4.78, 5) is 14.5. The maximum Gasteiger partial charge on any atom is 0.495 e. The van der Waals surface area contributed by atoms with E-state index in [-0.39, 0.29) is 11.7 Å². The van der Waals surface area contributed by atoms with Crippen molar-refractivity contribution < 1.29 is 18.5 Å². The maximum atomic E-state index is 14.5. The molecule has 2 unspecified atom stereocenters. The van der Waals surface area contributed by atoms with Gasteiger partial charge < -0.3 is 19.5 Å². The minimum Gasteiger partial charge on any atom is -0.399 e. The Balaban J connectivity index is 1.56. The van der Waals surface area contributed by atoms with Crippen LogP contribution in [0.4, 0.5) is 14.9 Å². The van der Waals surface area contributed by atoms with Gasteiger partial charge in [-0.15, -0.1) is 0 Å². The number of carbonyl (C=O) groups is 1. The van der Waals surface area contributed by atoms with E-state index < -0.39 is 24.1 Å². The second-order valence-corrected chi connectivity index (χ2v) is 9.09. The topological polar surface area (TPSA) is 50.8 Å². The van der Waals surface area contributed by atoms with Crippen LogP contribution in [-0.2, 0) is 9.31 Å². The lowest BCUT2D eigenvalue weighted by Gasteiger charge is -2.52. The van der Waals surface area contributed by atoms with Crippen molar-refractivity contribution in [3.8, 4) is 0 Å². The summed E-state index contributed by atoms with van der Waals surface area (Å²) in [6.07, 6.45) is 4.33. The van der Waals surface area contributed by atoms with Crippen molar-refractivity contribution in [3.05, 3.63) is 23.5 Å². The average molecular weight is 374 g/mol. The number of piperidine rings is 1. The summed E-state index contributed by atoms with van der Waals surface area (Å²) in [5.41, 5.74) is 0.716. The molecule has 2 bridgehead atoms. The molecule has 3 saturated heterocycles. The van der Waals surface area contributed by atoms with E-state index in [1.165, 1.54) is 12.5 Å². The van der Waals surface area contributed by atoms with E-state index in [9.17, 15) is 9.18 Å². The molecule has 2 amide bonds. The molecule has 3 fully saturated rings. The van der Waals surface area contributed by atoms with Crippen molar-refractivity contribution in [1.29, 1.82) is 0 Å². The van der Waals surface area contributed by atoms with Crippen LogP contribution >= 0.6 is 0 Å². The first-order valence-corrected chi connectivity index (χ1v) is 9.84. The number of anilines is 1. The Kier molecular flexibility index (Phi) is 4.31. The van der Waals surface area contributed by atoms with Crippen molar-refractivity contribution in [2.75, 3.05) is 5.32 Å². The molecule has 7 heteroatoms. The number of nitrogens with one attached hydrogen (secondary N) is 1. The quantitative estimate of drug-likeness (QED) is 0.805. The van der Waals surface area contributed by atoms with Crippen LogP contribution in [0.3, 0.4) is 0 Å². The number of amides is 2. The van der Waals surface area contributed by atoms with Gasteiger partial charge in [0.2, 0.25) is 0 Å². The van der Waals surface area contributed by atoms with E-state index in [0.29, 0.717) is 12.1 Å². The number of carbonyl (C=O) groups excluding carboxylic acids is 1. The van der Waals surface area contributed by atoms with Crippen molar-refractivity contribution in [2.45, 2.75) is 83.6 Å². The highest BCUT2D eigenvalue weighted by molar-refractivity contribution is 6.62. The molecule has 1 N–H and O–H groups in total. The van der Waals surface area contributed by atoms with Crippen molar-refractivity contribution >= 4 is 24.3 Å². The van der Waals surface area contributed by atoms with Gasteiger partial charge in [0.15, 0.2) is 0 Å². The molecule has 0 aromatic heterocycles. The van der Waals surface area contributed by atoms with E-state index in [0.717, 1.165) is 30.3 Å². The molecule has 3 heterocycles. The molecule has 2 atom stereocenters. The van der Waals surface area contributed by atoms with Crippen LogP contribution in [0.2, 0.25) is 0 Å². The van der Waals surface area contributed by atoms with Gasteiger partial charge in [-0.2, -0.15) is 0 Å². The van der Waals surface area contributed by atoms with E-state index >= 15 is 0 Å². The summed E-state index contributed by atoms with van der Waals surface area (Å²) in [6.45, 7) is 9.76. The number of halogens is 1. The number of nitrogens with zero attached hydrogens (tertiary/aromatic N) is 1. The number of urea groups is 1. The third-order valence-electron chi connectivity index (χ3n) is 6.74. The molecular formula is C20H28BFN2O3. The monoisotopic (exact) mass is 374 g/mol. The van der Waals surface area contributed by atoms with Crippen LogP contribution in [0.5, 0.6) is 0 Å². The summed E-state index contributed by atoms with van der Waals surface area (Å²) in [7, 11) is -0.588. The highest BCUT2D eigenvalue weighted by Gasteiger charge is 2.52. The Morgan fingerprint density at radius 1 is 1.19 bits per heavy atom. The van der Waals surface area contributed by atoms with Gasteiger partial charge in [-0.1, -0.05) is 0 Å². The fourth-order valence-electron chi connectivity index (χ4n) is 4.32. The van der Waals surface area contributed by atoms with Crippen molar-refractivity contribution in [3.63, 3.8) is 0 Å². The fourth-order valence-corrected chi connectivity index (χ4v) is 4.32. The highest BCUT2D eigenvalue weighted by atomic mass is 19.1. The molecule has 5 nitrogen and oxygen atoms in total. The molecule has 1 aromatic carbocycles. The molecule has 4 rings (SSSR count). The molecule has 0 spiro atoms. The summed E-state index contributed by atoms with van der Waals surface area (Å²) < 4.78 is 26.7. The molecule has 3 aliphatic rings. The summed E-state index contributed by atoms with van der Waals surface area (Å²) in [5.74, 6) is -0.438. The van der Waals surface area contributed by atoms with Crippen molar-refractivity contribution in [1.82, 2.24) is 4.90 Å². The predicted octanol–water partition coefficient (Wildman–Crippen LogP) is 3.59. The Morgan fingerprint density at radius 2 is 1.78 bits per heavy atom. The van der Waals surface area contributed by atoms with Crippen LogP contribution in [-0.4, -0.2) is 41.3 Å². The van der Waals surface area contributed by atoms with E-state index in [4.69, 9.17) is 9.31 Å². The first-order valence-electron chi connectivity index (χ1n) is 9.84. The smallest absolute Gasteiger partial charge is 0.399 e. The van der Waals surface area contributed by atoms with Gasteiger partial charge in [0.05, 0.1) is 16.9 Å². The molecule has 146 valence electrons. The summed E-state index contributed by atoms with van der Waals surface area (Å²) >= 11 is 0. The van der Waals surface area contributed by atoms with Crippen LogP contribution in [0.15, 0.2) is 12.1 Å². The lowest BCUT2D eigenvalue weighted by molar-refractivity contribution is 0.00578. The summed E-state index contributed by atoms with van der Waals surface area (Å²) in [6, 6.07) is 3.49. The minimum atomic E-state index is -0.588. The lowest BCUT2D eigenvalue weighted by Crippen LogP contribution is -2.62. The number of benzene rings is 1. The van der Waals surface area contributed by atoms with E-state index in [1.807, 2.05) is 39.5 Å². The van der Waals surface area contributed by atoms with Crippen molar-refractivity contribution in [2.24, 2.45) is 0 Å². The Morgan fingerprint density at radius 3 is 2.33 bits per heavy atom. The number of rotatable bonds is 2. The third-order valence-corrected chi connectivity index (χ3v) is 6.74. The largest absolute Gasteiger partial charge is 0.495 e. The van der Waals surface area contributed by atoms with Gasteiger partial charge in [-0.25, -0.2) is 9.18 Å². The SMILES string of the molecule is Cc1cc(F)c(NC(=O)N2C3CCCC2C3)cc1B1OC(C)(C)C(C)(C)O1. The fraction of sp³-hybridized carbons (Fsp3) is 0.650. The summed E-state index contributed by atoms with van der Waals surface area (Å²) in [5, 5.41) is 2.77. The first-order chi connectivity index (χ1) is 12.6. The predicted molar refractivity (Wildman–Crippen MR) is 104 cm³/mol. The van der Waals surface area contributed by atoms with Gasteiger partial charge in [0, 0.05) is 12.1 Å². The maximum absolute atomic E-state index is 14.5. The van der Waals surface area contributed by atoms with E-state index in [2.05, 4.69) is 5.32 Å². The van der Waals surface area contributed by atoms with Crippen LogP contribution in [0.1, 0.15) is 58.9 Å². The second-order valence-electron chi connectivity index (χ2n) is 9.09. The van der Waals surface area contributed by atoms with Gasteiger partial charge in [0.25, 0.3) is 0 Å². The third kappa shape index (κ3) is 3.05. The molecule has 0 radical (unpaired) electrons. The molecular weight excluding hydrogens is 346 g/mol. The zero-order valence-electron chi connectivity index (χ0n) is 16.8. The number of fused-ring (bicyclic) bond motifs is 2. The zero-order chi connectivity index (χ0) is 19.6. The lowest BCUT2D eigenvalue weighted by atomic mass is 9.76. The molecule has 1 aromatic rings. The Labute approximate surface area is 160 Å². The highest BCUT2D eigenvalue weighted by Crippen LogP contribution is 2.39. The Bertz CT molecular complexity index is 753. The van der Waals surface area contributed by atoms with Gasteiger partial charge in [-0.05, 0) is 83.5 Å². The minimum absolute atomic E-state index is 0.181. The zero-order valence-corrected chi connectivity index (χ0v) is 16.8. The molecule has 3 aliphatic heterocycles. The van der Waals surface area contributed by atoms with E-state index in [1.54, 1.807) is 6.07 Å². The van der Waals surface area contributed by atoms with Gasteiger partial charge in [-0.3, -0.25) is 0 Å². The number of aryl methyl sites for hydroxylation is 1. The number of hydrogen-bond donors (Lipinski definition) is 1. The number of hydrogen-bond acceptors (Lipinski definition) is 3. The van der Waals surface area contributed by atoms with Crippen LogP contribution < -0.4 is 10.8 Å². The standard InChI is InChI=1S/C20H28BFN2O3/c1-12-9-16(22)17(23-18(25)24-13-7-6-8-14(24)10-13)11-15(12)21-26-19(2,3)20(4,5)27-21/h9,11,13-14H,6-8,10H2,1-5H3,(H,23,25). The molecule has 0 aliphatic carbocycles. The first kappa shape index (κ1) is 18.8. The molecule has 27 heavy (non-hydrogen) atoms. The van der Waals surface area contributed by atoms with Crippen LogP contribution in [0, 0.1) is 12.7 Å². The average Bonchev–Trinajstić information content (AvgIpc) is 2.78.